The standard InChI is InChI=1S/C13H12N6O/c20-13(8-18-10-14-9-16-18)17-12-6-7-15-19(12)11-4-2-1-3-5-11/h1-7,9-10H,8H2,(H,17,20). The Balaban J connectivity index is 1.75. The fourth-order valence-electron chi connectivity index (χ4n) is 1.82. The molecule has 2 heterocycles. The first-order chi connectivity index (χ1) is 9.83. The van der Waals surface area contributed by atoms with Gasteiger partial charge in [-0.15, -0.1) is 0 Å². The molecule has 20 heavy (non-hydrogen) atoms. The van der Waals surface area contributed by atoms with E-state index in [9.17, 15) is 4.79 Å². The third-order valence-electron chi connectivity index (χ3n) is 2.68. The molecule has 0 unspecified atom stereocenters. The number of rotatable bonds is 4. The number of carbonyl (C=O) groups excluding carboxylic acids is 1. The van der Waals surface area contributed by atoms with E-state index in [-0.39, 0.29) is 12.5 Å². The molecule has 7 heteroatoms. The van der Waals surface area contributed by atoms with Crippen LogP contribution in [0.25, 0.3) is 5.69 Å². The van der Waals surface area contributed by atoms with Gasteiger partial charge < -0.3 is 5.32 Å². The van der Waals surface area contributed by atoms with Crippen LogP contribution in [0.3, 0.4) is 0 Å². The van der Waals surface area contributed by atoms with E-state index in [0.717, 1.165) is 5.69 Å². The first-order valence-electron chi connectivity index (χ1n) is 6.04. The smallest absolute Gasteiger partial charge is 0.247 e. The lowest BCUT2D eigenvalue weighted by molar-refractivity contribution is -0.116. The summed E-state index contributed by atoms with van der Waals surface area (Å²) in [4.78, 5) is 15.7. The molecule has 0 atom stereocenters. The van der Waals surface area contributed by atoms with Crippen LogP contribution in [0.2, 0.25) is 0 Å². The van der Waals surface area contributed by atoms with E-state index in [1.54, 1.807) is 16.9 Å². The van der Waals surface area contributed by atoms with Gasteiger partial charge in [-0.3, -0.25) is 4.79 Å². The van der Waals surface area contributed by atoms with Crippen molar-refractivity contribution in [3.8, 4) is 5.69 Å². The number of benzene rings is 1. The Labute approximate surface area is 114 Å². The van der Waals surface area contributed by atoms with Gasteiger partial charge in [-0.2, -0.15) is 10.2 Å². The van der Waals surface area contributed by atoms with E-state index < -0.39 is 0 Å². The van der Waals surface area contributed by atoms with Crippen molar-refractivity contribution in [1.29, 1.82) is 0 Å². The van der Waals surface area contributed by atoms with E-state index in [2.05, 4.69) is 20.5 Å². The van der Waals surface area contributed by atoms with E-state index in [1.807, 2.05) is 30.3 Å². The largest absolute Gasteiger partial charge is 0.309 e. The maximum atomic E-state index is 11.9. The molecule has 100 valence electrons. The zero-order chi connectivity index (χ0) is 13.8. The molecule has 0 aliphatic carbocycles. The van der Waals surface area contributed by atoms with E-state index in [1.165, 1.54) is 17.3 Å². The first kappa shape index (κ1) is 12.1. The van der Waals surface area contributed by atoms with Gasteiger partial charge in [-0.1, -0.05) is 18.2 Å². The predicted octanol–water partition coefficient (Wildman–Crippen LogP) is 1.10. The van der Waals surface area contributed by atoms with Gasteiger partial charge in [0.2, 0.25) is 5.91 Å². The average molecular weight is 268 g/mol. The van der Waals surface area contributed by atoms with Gasteiger partial charge in [0.15, 0.2) is 0 Å². The summed E-state index contributed by atoms with van der Waals surface area (Å²) in [5.74, 6) is 0.425. The quantitative estimate of drug-likeness (QED) is 0.768. The van der Waals surface area contributed by atoms with Crippen LogP contribution < -0.4 is 5.32 Å². The second kappa shape index (κ2) is 5.35. The average Bonchev–Trinajstić information content (AvgIpc) is 3.11. The number of para-hydroxylation sites is 1. The summed E-state index contributed by atoms with van der Waals surface area (Å²) >= 11 is 0. The van der Waals surface area contributed by atoms with Gasteiger partial charge in [-0.05, 0) is 12.1 Å². The molecule has 0 saturated carbocycles. The summed E-state index contributed by atoms with van der Waals surface area (Å²) in [5.41, 5.74) is 0.883. The summed E-state index contributed by atoms with van der Waals surface area (Å²) < 4.78 is 3.12. The van der Waals surface area contributed by atoms with Crippen molar-refractivity contribution in [3.63, 3.8) is 0 Å². The van der Waals surface area contributed by atoms with Crippen LogP contribution in [0, 0.1) is 0 Å². The fourth-order valence-corrected chi connectivity index (χ4v) is 1.82. The lowest BCUT2D eigenvalue weighted by atomic mass is 10.3. The Morgan fingerprint density at radius 1 is 1.15 bits per heavy atom. The second-order valence-corrected chi connectivity index (χ2v) is 4.11. The van der Waals surface area contributed by atoms with Gasteiger partial charge in [0, 0.05) is 6.07 Å². The van der Waals surface area contributed by atoms with Crippen molar-refractivity contribution in [2.75, 3.05) is 5.32 Å². The minimum Gasteiger partial charge on any atom is -0.309 e. The Hall–Kier alpha value is -2.96. The van der Waals surface area contributed by atoms with E-state index in [4.69, 9.17) is 0 Å². The molecule has 3 rings (SSSR count). The molecule has 0 fully saturated rings. The van der Waals surface area contributed by atoms with Crippen molar-refractivity contribution < 1.29 is 4.79 Å². The molecule has 1 N–H and O–H groups in total. The lowest BCUT2D eigenvalue weighted by Gasteiger charge is -2.08. The van der Waals surface area contributed by atoms with E-state index >= 15 is 0 Å². The number of hydrogen-bond acceptors (Lipinski definition) is 4. The van der Waals surface area contributed by atoms with E-state index in [0.29, 0.717) is 5.82 Å². The fraction of sp³-hybridized carbons (Fsp3) is 0.0769. The third kappa shape index (κ3) is 2.56. The summed E-state index contributed by atoms with van der Waals surface area (Å²) in [6.07, 6.45) is 4.52. The van der Waals surface area contributed by atoms with Crippen molar-refractivity contribution in [1.82, 2.24) is 24.5 Å². The van der Waals surface area contributed by atoms with Crippen LogP contribution in [0.1, 0.15) is 0 Å². The molecule has 1 aromatic carbocycles. The SMILES string of the molecule is O=C(Cn1cncn1)Nc1ccnn1-c1ccccc1. The van der Waals surface area contributed by atoms with Crippen molar-refractivity contribution >= 4 is 11.7 Å². The number of amides is 1. The Bertz CT molecular complexity index is 689. The van der Waals surface area contributed by atoms with Gasteiger partial charge in [-0.25, -0.2) is 14.3 Å². The van der Waals surface area contributed by atoms with Crippen LogP contribution in [-0.4, -0.2) is 30.5 Å². The third-order valence-corrected chi connectivity index (χ3v) is 2.68. The summed E-state index contributed by atoms with van der Waals surface area (Å²) in [6.45, 7) is 0.111. The topological polar surface area (TPSA) is 77.6 Å². The lowest BCUT2D eigenvalue weighted by Crippen LogP contribution is -2.20. The molecule has 0 spiro atoms. The van der Waals surface area contributed by atoms with Gasteiger partial charge in [0.05, 0.1) is 11.9 Å². The molecule has 1 amide bonds. The molecule has 0 aliphatic rings. The maximum Gasteiger partial charge on any atom is 0.247 e. The molecule has 7 nitrogen and oxygen atoms in total. The van der Waals surface area contributed by atoms with Crippen molar-refractivity contribution in [2.24, 2.45) is 0 Å². The zero-order valence-electron chi connectivity index (χ0n) is 10.5. The first-order valence-corrected chi connectivity index (χ1v) is 6.04. The van der Waals surface area contributed by atoms with Crippen LogP contribution in [0.4, 0.5) is 5.82 Å². The predicted molar refractivity (Wildman–Crippen MR) is 72.2 cm³/mol. The number of hydrogen-bond donors (Lipinski definition) is 1. The maximum absolute atomic E-state index is 11.9. The highest BCUT2D eigenvalue weighted by atomic mass is 16.2. The Morgan fingerprint density at radius 2 is 2.00 bits per heavy atom. The molecule has 0 saturated heterocycles. The molecular formula is C13H12N6O. The van der Waals surface area contributed by atoms with Crippen LogP contribution in [0.5, 0.6) is 0 Å². The molecule has 3 aromatic rings. The molecule has 0 aliphatic heterocycles. The Kier molecular flexibility index (Phi) is 3.24. The second-order valence-electron chi connectivity index (χ2n) is 4.11. The molecular weight excluding hydrogens is 256 g/mol. The highest BCUT2D eigenvalue weighted by Crippen LogP contribution is 2.14. The van der Waals surface area contributed by atoms with Crippen LogP contribution in [0.15, 0.2) is 55.2 Å². The number of carbonyl (C=O) groups is 1. The van der Waals surface area contributed by atoms with Crippen LogP contribution >= 0.6 is 0 Å². The minimum absolute atomic E-state index is 0.111. The molecule has 0 bridgehead atoms. The summed E-state index contributed by atoms with van der Waals surface area (Å²) in [5, 5.41) is 10.9. The van der Waals surface area contributed by atoms with Crippen LogP contribution in [-0.2, 0) is 11.3 Å². The molecule has 2 aromatic heterocycles. The van der Waals surface area contributed by atoms with Gasteiger partial charge >= 0.3 is 0 Å². The highest BCUT2D eigenvalue weighted by molar-refractivity contribution is 5.89. The monoisotopic (exact) mass is 268 g/mol. The van der Waals surface area contributed by atoms with Gasteiger partial charge in [0.1, 0.15) is 25.0 Å². The number of anilines is 1. The number of aromatic nitrogens is 5. The van der Waals surface area contributed by atoms with Gasteiger partial charge in [0.25, 0.3) is 0 Å². The highest BCUT2D eigenvalue weighted by Gasteiger charge is 2.09. The number of nitrogens with one attached hydrogen (secondary N) is 1. The minimum atomic E-state index is -0.187. The normalized spacial score (nSPS) is 10.4. The zero-order valence-corrected chi connectivity index (χ0v) is 10.5. The van der Waals surface area contributed by atoms with Crippen molar-refractivity contribution in [3.05, 3.63) is 55.2 Å². The van der Waals surface area contributed by atoms with Crippen molar-refractivity contribution in [2.45, 2.75) is 6.54 Å². The summed E-state index contributed by atoms with van der Waals surface area (Å²) in [6, 6.07) is 11.3. The molecule has 0 radical (unpaired) electrons. The number of nitrogens with zero attached hydrogens (tertiary/aromatic N) is 5. The summed E-state index contributed by atoms with van der Waals surface area (Å²) in [7, 11) is 0. The Morgan fingerprint density at radius 3 is 2.75 bits per heavy atom.